The number of aromatic nitrogens is 2. The topological polar surface area (TPSA) is 84.7 Å². The number of para-hydroxylation sites is 1. The largest absolute Gasteiger partial charge is 0.383 e. The summed E-state index contributed by atoms with van der Waals surface area (Å²) in [6.45, 7) is 0.753. The van der Waals surface area contributed by atoms with Crippen molar-refractivity contribution in [3.05, 3.63) is 71.3 Å². The molecule has 0 unspecified atom stereocenters. The monoisotopic (exact) mass is 528 g/mol. The first-order chi connectivity index (χ1) is 16.7. The average molecular weight is 529 g/mol. The number of ether oxygens (including phenoxy) is 1. The van der Waals surface area contributed by atoms with Crippen molar-refractivity contribution < 1.29 is 17.9 Å². The quantitative estimate of drug-likeness (QED) is 0.326. The Balaban J connectivity index is 1.82. The Morgan fingerprint density at radius 1 is 1.14 bits per heavy atom. The highest BCUT2D eigenvalue weighted by atomic mass is 32.2. The van der Waals surface area contributed by atoms with Gasteiger partial charge in [-0.05, 0) is 30.3 Å². The fraction of sp³-hybridized carbons (Fsp3) is 0.208. The molecular formula is C24H24N4O4S3. The van der Waals surface area contributed by atoms with Crippen LogP contribution < -0.4 is 0 Å². The van der Waals surface area contributed by atoms with Gasteiger partial charge in [-0.1, -0.05) is 54.3 Å². The van der Waals surface area contributed by atoms with Gasteiger partial charge in [0.15, 0.2) is 0 Å². The van der Waals surface area contributed by atoms with Gasteiger partial charge in [-0.2, -0.15) is 5.10 Å². The van der Waals surface area contributed by atoms with Crippen LogP contribution in [0.3, 0.4) is 0 Å². The van der Waals surface area contributed by atoms with Crippen LogP contribution in [0.4, 0.5) is 0 Å². The van der Waals surface area contributed by atoms with Gasteiger partial charge in [0.1, 0.15) is 10.0 Å². The van der Waals surface area contributed by atoms with Crippen molar-refractivity contribution in [3.8, 4) is 16.9 Å². The first kappa shape index (κ1) is 25.3. The molecule has 1 fully saturated rings. The highest BCUT2D eigenvalue weighted by molar-refractivity contribution is 8.26. The molecule has 0 spiro atoms. The molecular weight excluding hydrogens is 504 g/mol. The van der Waals surface area contributed by atoms with Gasteiger partial charge < -0.3 is 4.74 Å². The SMILES string of the molecule is COCCN1C(=O)/C(=C\c2cn(-c3ccccc3)nc2-c2cccc(S(=O)(=O)N(C)C)c2)SC1=S. The lowest BCUT2D eigenvalue weighted by Gasteiger charge is -2.13. The van der Waals surface area contributed by atoms with E-state index in [2.05, 4.69) is 0 Å². The maximum atomic E-state index is 13.0. The second-order valence-corrected chi connectivity index (χ2v) is 11.7. The summed E-state index contributed by atoms with van der Waals surface area (Å²) in [4.78, 5) is 15.1. The summed E-state index contributed by atoms with van der Waals surface area (Å²) in [5.41, 5.74) is 2.66. The van der Waals surface area contributed by atoms with Gasteiger partial charge in [-0.3, -0.25) is 9.69 Å². The molecule has 0 bridgehead atoms. The first-order valence-electron chi connectivity index (χ1n) is 10.6. The van der Waals surface area contributed by atoms with Crippen molar-refractivity contribution in [2.45, 2.75) is 4.90 Å². The molecule has 1 aromatic heterocycles. The minimum absolute atomic E-state index is 0.158. The van der Waals surface area contributed by atoms with E-state index in [1.165, 1.54) is 35.1 Å². The van der Waals surface area contributed by atoms with E-state index in [4.69, 9.17) is 22.1 Å². The summed E-state index contributed by atoms with van der Waals surface area (Å²) in [6, 6.07) is 16.2. The third-order valence-corrected chi connectivity index (χ3v) is 8.52. The summed E-state index contributed by atoms with van der Waals surface area (Å²) >= 11 is 6.62. The lowest BCUT2D eigenvalue weighted by molar-refractivity contribution is -0.122. The van der Waals surface area contributed by atoms with Gasteiger partial charge in [0.25, 0.3) is 5.91 Å². The van der Waals surface area contributed by atoms with Gasteiger partial charge in [0, 0.05) is 38.5 Å². The minimum atomic E-state index is -3.63. The number of thioether (sulfide) groups is 1. The fourth-order valence-electron chi connectivity index (χ4n) is 3.46. The maximum Gasteiger partial charge on any atom is 0.266 e. The Hall–Kier alpha value is -2.83. The van der Waals surface area contributed by atoms with Gasteiger partial charge in [0.2, 0.25) is 10.0 Å². The van der Waals surface area contributed by atoms with E-state index in [-0.39, 0.29) is 10.8 Å². The average Bonchev–Trinajstić information content (AvgIpc) is 3.39. The summed E-state index contributed by atoms with van der Waals surface area (Å²) < 4.78 is 33.9. The number of benzene rings is 2. The lowest BCUT2D eigenvalue weighted by Crippen LogP contribution is -2.31. The molecule has 8 nitrogen and oxygen atoms in total. The van der Waals surface area contributed by atoms with Crippen molar-refractivity contribution >= 4 is 50.3 Å². The first-order valence-corrected chi connectivity index (χ1v) is 13.3. The molecule has 1 amide bonds. The van der Waals surface area contributed by atoms with Crippen LogP contribution in [-0.2, 0) is 19.6 Å². The number of sulfonamides is 1. The highest BCUT2D eigenvalue weighted by Gasteiger charge is 2.32. The van der Waals surface area contributed by atoms with Crippen molar-refractivity contribution in [3.63, 3.8) is 0 Å². The Labute approximate surface area is 214 Å². The molecule has 2 heterocycles. The molecule has 0 aliphatic carbocycles. The molecule has 3 aromatic rings. The predicted octanol–water partition coefficient (Wildman–Crippen LogP) is 3.64. The Kier molecular flexibility index (Phi) is 7.53. The van der Waals surface area contributed by atoms with Crippen LogP contribution in [0, 0.1) is 0 Å². The van der Waals surface area contributed by atoms with E-state index in [1.807, 2.05) is 36.5 Å². The number of carbonyl (C=O) groups is 1. The van der Waals surface area contributed by atoms with Crippen molar-refractivity contribution in [1.29, 1.82) is 0 Å². The third-order valence-electron chi connectivity index (χ3n) is 5.33. The van der Waals surface area contributed by atoms with Crippen molar-refractivity contribution in [2.24, 2.45) is 0 Å². The zero-order chi connectivity index (χ0) is 25.2. The second kappa shape index (κ2) is 10.4. The van der Waals surface area contributed by atoms with E-state index in [1.54, 1.807) is 42.1 Å². The van der Waals surface area contributed by atoms with Crippen LogP contribution in [0.25, 0.3) is 23.0 Å². The molecule has 2 aromatic carbocycles. The van der Waals surface area contributed by atoms with E-state index in [0.717, 1.165) is 5.69 Å². The number of thiocarbonyl (C=S) groups is 1. The van der Waals surface area contributed by atoms with Crippen LogP contribution in [0.2, 0.25) is 0 Å². The molecule has 4 rings (SSSR count). The zero-order valence-electron chi connectivity index (χ0n) is 19.4. The third kappa shape index (κ3) is 5.24. The molecule has 11 heteroatoms. The Bertz CT molecular complexity index is 1400. The molecule has 1 saturated heterocycles. The number of amides is 1. The number of methoxy groups -OCH3 is 1. The van der Waals surface area contributed by atoms with Crippen LogP contribution in [-0.4, -0.2) is 72.0 Å². The molecule has 0 N–H and O–H groups in total. The maximum absolute atomic E-state index is 13.0. The number of nitrogens with zero attached hydrogens (tertiary/aromatic N) is 4. The van der Waals surface area contributed by atoms with Crippen LogP contribution in [0.5, 0.6) is 0 Å². The molecule has 0 atom stereocenters. The van der Waals surface area contributed by atoms with Crippen LogP contribution in [0.15, 0.2) is 70.6 Å². The zero-order valence-corrected chi connectivity index (χ0v) is 21.9. The molecule has 1 aliphatic rings. The Morgan fingerprint density at radius 2 is 1.89 bits per heavy atom. The summed E-state index contributed by atoms with van der Waals surface area (Å²) in [7, 11) is 0.920. The normalized spacial score (nSPS) is 15.5. The predicted molar refractivity (Wildman–Crippen MR) is 142 cm³/mol. The van der Waals surface area contributed by atoms with Crippen molar-refractivity contribution in [1.82, 2.24) is 19.0 Å². The van der Waals surface area contributed by atoms with Gasteiger partial charge >= 0.3 is 0 Å². The number of carbonyl (C=O) groups excluding carboxylic acids is 1. The van der Waals surface area contributed by atoms with Crippen LogP contribution in [0.1, 0.15) is 5.56 Å². The number of hydrogen-bond donors (Lipinski definition) is 0. The second-order valence-electron chi connectivity index (χ2n) is 7.85. The summed E-state index contributed by atoms with van der Waals surface area (Å²) in [6.07, 6.45) is 3.57. The van der Waals surface area contributed by atoms with E-state index in [9.17, 15) is 13.2 Å². The summed E-state index contributed by atoms with van der Waals surface area (Å²) in [5.74, 6) is -0.195. The highest BCUT2D eigenvalue weighted by Crippen LogP contribution is 2.35. The summed E-state index contributed by atoms with van der Waals surface area (Å²) in [5, 5.41) is 4.75. The molecule has 0 radical (unpaired) electrons. The molecule has 35 heavy (non-hydrogen) atoms. The van der Waals surface area contributed by atoms with Crippen LogP contribution >= 0.6 is 24.0 Å². The van der Waals surface area contributed by atoms with E-state index < -0.39 is 10.0 Å². The van der Waals surface area contributed by atoms with Crippen molar-refractivity contribution in [2.75, 3.05) is 34.4 Å². The standard InChI is InChI=1S/C24H24N4O4S3/c1-26(2)35(30,31)20-11-7-8-17(14-20)22-18(16-28(25-22)19-9-5-4-6-10-19)15-21-23(29)27(12-13-32-3)24(33)34-21/h4-11,14-16H,12-13H2,1-3H3/b21-15+. The number of rotatable bonds is 8. The number of hydrogen-bond acceptors (Lipinski definition) is 7. The lowest BCUT2D eigenvalue weighted by atomic mass is 10.1. The van der Waals surface area contributed by atoms with E-state index in [0.29, 0.717) is 39.2 Å². The molecule has 1 aliphatic heterocycles. The Morgan fingerprint density at radius 3 is 2.57 bits per heavy atom. The van der Waals surface area contributed by atoms with Gasteiger partial charge in [0.05, 0.1) is 28.6 Å². The smallest absolute Gasteiger partial charge is 0.266 e. The minimum Gasteiger partial charge on any atom is -0.383 e. The van der Waals surface area contributed by atoms with E-state index >= 15 is 0 Å². The fourth-order valence-corrected chi connectivity index (χ4v) is 5.71. The van der Waals surface area contributed by atoms with Gasteiger partial charge in [-0.15, -0.1) is 0 Å². The molecule has 0 saturated carbocycles. The molecule has 182 valence electrons. The van der Waals surface area contributed by atoms with Gasteiger partial charge in [-0.25, -0.2) is 17.4 Å².